The third-order valence-electron chi connectivity index (χ3n) is 3.39. The minimum Gasteiger partial charge on any atom is -0.358 e. The van der Waals surface area contributed by atoms with Crippen molar-refractivity contribution in [2.24, 2.45) is 0 Å². The zero-order chi connectivity index (χ0) is 12.0. The van der Waals surface area contributed by atoms with Gasteiger partial charge in [-0.1, -0.05) is 30.3 Å². The Hall–Kier alpha value is -2.09. The molecule has 0 atom stereocenters. The highest BCUT2D eigenvalue weighted by Crippen LogP contribution is 2.22. The van der Waals surface area contributed by atoms with E-state index in [1.54, 1.807) is 0 Å². The Morgan fingerprint density at radius 2 is 1.71 bits per heavy atom. The van der Waals surface area contributed by atoms with E-state index in [1.165, 1.54) is 0 Å². The van der Waals surface area contributed by atoms with Crippen LogP contribution in [0.4, 0.5) is 0 Å². The molecule has 2 nitrogen and oxygen atoms in total. The summed E-state index contributed by atoms with van der Waals surface area (Å²) in [5.41, 5.74) is 2.81. The molecule has 0 aliphatic heterocycles. The van der Waals surface area contributed by atoms with Gasteiger partial charge in [0.2, 0.25) is 0 Å². The van der Waals surface area contributed by atoms with Gasteiger partial charge < -0.3 is 4.98 Å². The summed E-state index contributed by atoms with van der Waals surface area (Å²) in [6.45, 7) is 3.81. The molecule has 0 saturated carbocycles. The average Bonchev–Trinajstić information content (AvgIpc) is 2.36. The van der Waals surface area contributed by atoms with E-state index in [-0.39, 0.29) is 5.43 Å². The Balaban J connectivity index is 2.64. The first-order valence-electron chi connectivity index (χ1n) is 5.69. The lowest BCUT2D eigenvalue weighted by Crippen LogP contribution is -2.09. The molecule has 2 heteroatoms. The van der Waals surface area contributed by atoms with Crippen LogP contribution in [-0.2, 0) is 0 Å². The molecule has 0 amide bonds. The maximum atomic E-state index is 12.2. The summed E-state index contributed by atoms with van der Waals surface area (Å²) in [4.78, 5) is 15.5. The molecule has 0 radical (unpaired) electrons. The molecule has 0 saturated heterocycles. The quantitative estimate of drug-likeness (QED) is 0.583. The monoisotopic (exact) mass is 223 g/mol. The van der Waals surface area contributed by atoms with Crippen LogP contribution >= 0.6 is 0 Å². The Morgan fingerprint density at radius 1 is 0.941 bits per heavy atom. The number of aromatic amines is 1. The van der Waals surface area contributed by atoms with Gasteiger partial charge in [0.05, 0.1) is 5.52 Å². The smallest absolute Gasteiger partial charge is 0.192 e. The fraction of sp³-hybridized carbons (Fsp3) is 0.133. The second kappa shape index (κ2) is 3.45. The van der Waals surface area contributed by atoms with Gasteiger partial charge in [-0.15, -0.1) is 0 Å². The number of hydrogen-bond donors (Lipinski definition) is 1. The lowest BCUT2D eigenvalue weighted by Gasteiger charge is -2.07. The molecule has 17 heavy (non-hydrogen) atoms. The van der Waals surface area contributed by atoms with Gasteiger partial charge in [-0.25, -0.2) is 0 Å². The highest BCUT2D eigenvalue weighted by molar-refractivity contribution is 6.05. The van der Waals surface area contributed by atoms with E-state index in [0.717, 1.165) is 32.9 Å². The minimum atomic E-state index is 0.127. The SMILES string of the molecule is Cc1[nH]c2c(ccc3ccccc32)c(=O)c1C. The van der Waals surface area contributed by atoms with Crippen LogP contribution in [0.3, 0.4) is 0 Å². The van der Waals surface area contributed by atoms with E-state index in [9.17, 15) is 4.79 Å². The first-order chi connectivity index (χ1) is 8.18. The zero-order valence-electron chi connectivity index (χ0n) is 9.87. The number of H-pyrrole nitrogens is 1. The fourth-order valence-electron chi connectivity index (χ4n) is 2.25. The summed E-state index contributed by atoms with van der Waals surface area (Å²) in [5, 5.41) is 3.02. The molecular formula is C15H13NO. The topological polar surface area (TPSA) is 32.9 Å². The zero-order valence-corrected chi connectivity index (χ0v) is 9.87. The maximum Gasteiger partial charge on any atom is 0.192 e. The number of hydrogen-bond acceptors (Lipinski definition) is 1. The van der Waals surface area contributed by atoms with Gasteiger partial charge in [0.15, 0.2) is 5.43 Å². The van der Waals surface area contributed by atoms with Gasteiger partial charge in [0.25, 0.3) is 0 Å². The Morgan fingerprint density at radius 3 is 2.53 bits per heavy atom. The Kier molecular flexibility index (Phi) is 2.05. The van der Waals surface area contributed by atoms with E-state index in [2.05, 4.69) is 11.1 Å². The summed E-state index contributed by atoms with van der Waals surface area (Å²) in [7, 11) is 0. The normalized spacial score (nSPS) is 11.2. The molecule has 84 valence electrons. The van der Waals surface area contributed by atoms with Crippen molar-refractivity contribution in [2.45, 2.75) is 13.8 Å². The molecule has 1 aromatic heterocycles. The summed E-state index contributed by atoms with van der Waals surface area (Å²) >= 11 is 0. The number of fused-ring (bicyclic) bond motifs is 3. The number of aromatic nitrogens is 1. The van der Waals surface area contributed by atoms with Crippen LogP contribution in [-0.4, -0.2) is 4.98 Å². The van der Waals surface area contributed by atoms with Gasteiger partial charge in [0, 0.05) is 22.0 Å². The lowest BCUT2D eigenvalue weighted by molar-refractivity contribution is 1.18. The van der Waals surface area contributed by atoms with Crippen LogP contribution in [0, 0.1) is 13.8 Å². The predicted molar refractivity (Wildman–Crippen MR) is 71.5 cm³/mol. The van der Waals surface area contributed by atoms with Crippen molar-refractivity contribution in [3.05, 3.63) is 57.9 Å². The van der Waals surface area contributed by atoms with Gasteiger partial charge in [0.1, 0.15) is 0 Å². The third-order valence-corrected chi connectivity index (χ3v) is 3.39. The van der Waals surface area contributed by atoms with Gasteiger partial charge in [-0.3, -0.25) is 4.79 Å². The van der Waals surface area contributed by atoms with Crippen molar-refractivity contribution < 1.29 is 0 Å². The van der Waals surface area contributed by atoms with Gasteiger partial charge in [-0.2, -0.15) is 0 Å². The number of benzene rings is 2. The molecule has 0 bridgehead atoms. The van der Waals surface area contributed by atoms with Crippen molar-refractivity contribution in [3.8, 4) is 0 Å². The van der Waals surface area contributed by atoms with Crippen molar-refractivity contribution in [1.29, 1.82) is 0 Å². The third kappa shape index (κ3) is 1.37. The Labute approximate surface area is 98.9 Å². The molecule has 1 N–H and O–H groups in total. The van der Waals surface area contributed by atoms with Crippen molar-refractivity contribution in [3.63, 3.8) is 0 Å². The second-order valence-corrected chi connectivity index (χ2v) is 4.41. The number of rotatable bonds is 0. The van der Waals surface area contributed by atoms with Crippen LogP contribution in [0.5, 0.6) is 0 Å². The van der Waals surface area contributed by atoms with Crippen LogP contribution < -0.4 is 5.43 Å². The Bertz CT molecular complexity index is 784. The van der Waals surface area contributed by atoms with E-state index < -0.39 is 0 Å². The van der Waals surface area contributed by atoms with Crippen LogP contribution in [0.1, 0.15) is 11.3 Å². The predicted octanol–water partition coefficient (Wildman–Crippen LogP) is 3.30. The number of nitrogens with one attached hydrogen (secondary N) is 1. The fourth-order valence-corrected chi connectivity index (χ4v) is 2.25. The second-order valence-electron chi connectivity index (χ2n) is 4.41. The highest BCUT2D eigenvalue weighted by Gasteiger charge is 2.07. The first kappa shape index (κ1) is 10.1. The minimum absolute atomic E-state index is 0.127. The van der Waals surface area contributed by atoms with Crippen LogP contribution in [0.25, 0.3) is 21.7 Å². The van der Waals surface area contributed by atoms with E-state index >= 15 is 0 Å². The molecule has 3 rings (SSSR count). The molecule has 0 aliphatic carbocycles. The highest BCUT2D eigenvalue weighted by atomic mass is 16.1. The van der Waals surface area contributed by atoms with Gasteiger partial charge >= 0.3 is 0 Å². The lowest BCUT2D eigenvalue weighted by atomic mass is 10.0. The largest absolute Gasteiger partial charge is 0.358 e. The molecule has 1 heterocycles. The molecule has 3 aromatic rings. The van der Waals surface area contributed by atoms with Gasteiger partial charge in [-0.05, 0) is 25.3 Å². The molecular weight excluding hydrogens is 210 g/mol. The summed E-state index contributed by atoms with van der Waals surface area (Å²) in [5.74, 6) is 0. The first-order valence-corrected chi connectivity index (χ1v) is 5.69. The maximum absolute atomic E-state index is 12.2. The summed E-state index contributed by atoms with van der Waals surface area (Å²) in [6, 6.07) is 12.0. The van der Waals surface area contributed by atoms with E-state index in [0.29, 0.717) is 0 Å². The molecule has 0 fully saturated rings. The standard InChI is InChI=1S/C15H13NO/c1-9-10(2)16-14-12-6-4-3-5-11(12)7-8-13(14)15(9)17/h3-8H,1-2H3,(H,16,17). The van der Waals surface area contributed by atoms with Crippen molar-refractivity contribution in [2.75, 3.05) is 0 Å². The molecule has 2 aromatic carbocycles. The summed E-state index contributed by atoms with van der Waals surface area (Å²) in [6.07, 6.45) is 0. The molecule has 0 unspecified atom stereocenters. The van der Waals surface area contributed by atoms with Crippen LogP contribution in [0.15, 0.2) is 41.2 Å². The molecule has 0 aliphatic rings. The average molecular weight is 223 g/mol. The van der Waals surface area contributed by atoms with Crippen LogP contribution in [0.2, 0.25) is 0 Å². The summed E-state index contributed by atoms with van der Waals surface area (Å²) < 4.78 is 0. The van der Waals surface area contributed by atoms with E-state index in [1.807, 2.05) is 44.2 Å². The van der Waals surface area contributed by atoms with Crippen molar-refractivity contribution >= 4 is 21.7 Å². The van der Waals surface area contributed by atoms with E-state index in [4.69, 9.17) is 0 Å². The number of pyridine rings is 1. The number of aryl methyl sites for hydroxylation is 1. The van der Waals surface area contributed by atoms with Crippen molar-refractivity contribution in [1.82, 2.24) is 4.98 Å². The molecule has 0 spiro atoms.